The predicted molar refractivity (Wildman–Crippen MR) is 117 cm³/mol. The van der Waals surface area contributed by atoms with E-state index in [0.29, 0.717) is 17.9 Å². The second-order valence-corrected chi connectivity index (χ2v) is 8.00. The maximum Gasteiger partial charge on any atom is 0.357 e. The van der Waals surface area contributed by atoms with E-state index in [1.54, 1.807) is 14.0 Å². The lowest BCUT2D eigenvalue weighted by Crippen LogP contribution is -2.52. The van der Waals surface area contributed by atoms with E-state index in [0.717, 1.165) is 41.1 Å². The molecule has 0 saturated carbocycles. The zero-order chi connectivity index (χ0) is 21.4. The average Bonchev–Trinajstić information content (AvgIpc) is 3.07. The standard InChI is InChI=1S/C23H28N4O3/c1-6-30-23(28)18-11-19(26-12-17(13-26)29-5)20-21(14(2)3)25-27(22(20)24-18)16-9-7-8-15(4)10-16/h7-11,14,17H,6,12-13H2,1-5H3. The summed E-state index contributed by atoms with van der Waals surface area (Å²) < 4.78 is 12.6. The van der Waals surface area contributed by atoms with Crippen LogP contribution in [-0.2, 0) is 9.47 Å². The zero-order valence-electron chi connectivity index (χ0n) is 18.2. The van der Waals surface area contributed by atoms with Crippen LogP contribution in [0.25, 0.3) is 16.7 Å². The molecule has 1 aliphatic rings. The number of rotatable bonds is 6. The molecule has 1 aromatic carbocycles. The summed E-state index contributed by atoms with van der Waals surface area (Å²) in [6.45, 7) is 9.93. The van der Waals surface area contributed by atoms with E-state index < -0.39 is 5.97 Å². The fourth-order valence-corrected chi connectivity index (χ4v) is 3.81. The lowest BCUT2D eigenvalue weighted by atomic mass is 10.0. The number of nitrogens with zero attached hydrogens (tertiary/aromatic N) is 4. The third kappa shape index (κ3) is 3.54. The Morgan fingerprint density at radius 1 is 1.27 bits per heavy atom. The normalized spacial score (nSPS) is 14.4. The first-order chi connectivity index (χ1) is 14.4. The Balaban J connectivity index is 1.97. The van der Waals surface area contributed by atoms with Gasteiger partial charge in [-0.15, -0.1) is 0 Å². The number of carbonyl (C=O) groups is 1. The first-order valence-electron chi connectivity index (χ1n) is 10.4. The largest absolute Gasteiger partial charge is 0.461 e. The number of carbonyl (C=O) groups excluding carboxylic acids is 1. The van der Waals surface area contributed by atoms with Gasteiger partial charge in [-0.25, -0.2) is 14.5 Å². The molecule has 1 saturated heterocycles. The molecular formula is C23H28N4O3. The lowest BCUT2D eigenvalue weighted by Gasteiger charge is -2.40. The number of benzene rings is 1. The van der Waals surface area contributed by atoms with Crippen LogP contribution in [0.1, 0.15) is 48.4 Å². The first kappa shape index (κ1) is 20.3. The number of pyridine rings is 1. The summed E-state index contributed by atoms with van der Waals surface area (Å²) in [4.78, 5) is 19.5. The minimum Gasteiger partial charge on any atom is -0.461 e. The molecule has 0 unspecified atom stereocenters. The molecule has 2 aromatic heterocycles. The highest BCUT2D eigenvalue weighted by molar-refractivity contribution is 5.99. The zero-order valence-corrected chi connectivity index (χ0v) is 18.2. The summed E-state index contributed by atoms with van der Waals surface area (Å²) in [5.41, 5.74) is 4.94. The van der Waals surface area contributed by atoms with Crippen molar-refractivity contribution in [2.75, 3.05) is 31.7 Å². The highest BCUT2D eigenvalue weighted by atomic mass is 16.5. The summed E-state index contributed by atoms with van der Waals surface area (Å²) in [7, 11) is 1.73. The van der Waals surface area contributed by atoms with Crippen LogP contribution in [0.4, 0.5) is 5.69 Å². The molecule has 3 aromatic rings. The summed E-state index contributed by atoms with van der Waals surface area (Å²) in [5.74, 6) is -0.223. The van der Waals surface area contributed by atoms with Gasteiger partial charge in [-0.2, -0.15) is 5.10 Å². The molecule has 0 N–H and O–H groups in total. The van der Waals surface area contributed by atoms with E-state index >= 15 is 0 Å². The summed E-state index contributed by atoms with van der Waals surface area (Å²) >= 11 is 0. The van der Waals surface area contributed by atoms with E-state index in [-0.39, 0.29) is 12.0 Å². The molecule has 4 rings (SSSR count). The predicted octanol–water partition coefficient (Wildman–Crippen LogP) is 3.86. The molecule has 3 heterocycles. The van der Waals surface area contributed by atoms with Gasteiger partial charge in [0, 0.05) is 20.2 Å². The van der Waals surface area contributed by atoms with E-state index in [4.69, 9.17) is 19.6 Å². The van der Waals surface area contributed by atoms with Crippen molar-refractivity contribution in [2.45, 2.75) is 39.7 Å². The van der Waals surface area contributed by atoms with Crippen molar-refractivity contribution in [3.63, 3.8) is 0 Å². The van der Waals surface area contributed by atoms with Crippen LogP contribution in [0.15, 0.2) is 30.3 Å². The molecule has 0 aliphatic carbocycles. The summed E-state index contributed by atoms with van der Waals surface area (Å²) in [5, 5.41) is 5.91. The minimum atomic E-state index is -0.424. The highest BCUT2D eigenvalue weighted by Gasteiger charge is 2.32. The lowest BCUT2D eigenvalue weighted by molar-refractivity contribution is 0.0520. The van der Waals surface area contributed by atoms with Crippen molar-refractivity contribution in [2.24, 2.45) is 0 Å². The molecule has 7 heteroatoms. The van der Waals surface area contributed by atoms with Crippen molar-refractivity contribution in [1.82, 2.24) is 14.8 Å². The molecule has 1 aliphatic heterocycles. The fraction of sp³-hybridized carbons (Fsp3) is 0.435. The van der Waals surface area contributed by atoms with Crippen LogP contribution in [-0.4, -0.2) is 53.6 Å². The maximum absolute atomic E-state index is 12.6. The Labute approximate surface area is 176 Å². The monoisotopic (exact) mass is 408 g/mol. The van der Waals surface area contributed by atoms with Crippen molar-refractivity contribution in [3.05, 3.63) is 47.3 Å². The van der Waals surface area contributed by atoms with Crippen LogP contribution in [0.3, 0.4) is 0 Å². The first-order valence-corrected chi connectivity index (χ1v) is 10.4. The van der Waals surface area contributed by atoms with Gasteiger partial charge in [0.15, 0.2) is 11.3 Å². The van der Waals surface area contributed by atoms with Gasteiger partial charge in [0.25, 0.3) is 0 Å². The van der Waals surface area contributed by atoms with Crippen molar-refractivity contribution >= 4 is 22.7 Å². The number of ether oxygens (including phenoxy) is 2. The Morgan fingerprint density at radius 2 is 2.03 bits per heavy atom. The fourth-order valence-electron chi connectivity index (χ4n) is 3.81. The number of fused-ring (bicyclic) bond motifs is 1. The van der Waals surface area contributed by atoms with E-state index in [9.17, 15) is 4.79 Å². The number of methoxy groups -OCH3 is 1. The topological polar surface area (TPSA) is 69.5 Å². The second-order valence-electron chi connectivity index (χ2n) is 8.00. The van der Waals surface area contributed by atoms with E-state index in [2.05, 4.69) is 24.8 Å². The van der Waals surface area contributed by atoms with Crippen LogP contribution in [0.5, 0.6) is 0 Å². The van der Waals surface area contributed by atoms with Crippen molar-refractivity contribution < 1.29 is 14.3 Å². The molecule has 0 radical (unpaired) electrons. The molecule has 0 atom stereocenters. The minimum absolute atomic E-state index is 0.188. The number of aryl methyl sites for hydroxylation is 1. The quantitative estimate of drug-likeness (QED) is 0.577. The van der Waals surface area contributed by atoms with Crippen LogP contribution < -0.4 is 4.90 Å². The number of hydrogen-bond acceptors (Lipinski definition) is 6. The van der Waals surface area contributed by atoms with Gasteiger partial charge >= 0.3 is 5.97 Å². The third-order valence-corrected chi connectivity index (χ3v) is 5.44. The molecule has 0 spiro atoms. The number of aromatic nitrogens is 3. The second kappa shape index (κ2) is 8.07. The van der Waals surface area contributed by atoms with Gasteiger partial charge in [-0.1, -0.05) is 26.0 Å². The molecule has 30 heavy (non-hydrogen) atoms. The molecule has 0 bridgehead atoms. The van der Waals surface area contributed by atoms with Crippen LogP contribution >= 0.6 is 0 Å². The number of esters is 1. The highest BCUT2D eigenvalue weighted by Crippen LogP contribution is 2.37. The van der Waals surface area contributed by atoms with Gasteiger partial charge in [0.05, 0.1) is 35.2 Å². The number of anilines is 1. The Kier molecular flexibility index (Phi) is 5.47. The third-order valence-electron chi connectivity index (χ3n) is 5.44. The average molecular weight is 409 g/mol. The summed E-state index contributed by atoms with van der Waals surface area (Å²) in [6, 6.07) is 9.96. The molecular weight excluding hydrogens is 380 g/mol. The van der Waals surface area contributed by atoms with Gasteiger partial charge in [-0.05, 0) is 43.5 Å². The Bertz CT molecular complexity index is 1080. The molecule has 158 valence electrons. The molecule has 1 fully saturated rings. The summed E-state index contributed by atoms with van der Waals surface area (Å²) in [6.07, 6.45) is 0.188. The Morgan fingerprint density at radius 3 is 2.67 bits per heavy atom. The molecule has 0 amide bonds. The SMILES string of the molecule is CCOC(=O)c1cc(N2CC(OC)C2)c2c(C(C)C)nn(-c3cccc(C)c3)c2n1. The maximum atomic E-state index is 12.6. The van der Waals surface area contributed by atoms with E-state index in [1.807, 2.05) is 35.9 Å². The Hall–Kier alpha value is -2.93. The van der Waals surface area contributed by atoms with Gasteiger partial charge < -0.3 is 14.4 Å². The number of hydrogen-bond donors (Lipinski definition) is 0. The smallest absolute Gasteiger partial charge is 0.357 e. The van der Waals surface area contributed by atoms with Gasteiger partial charge in [-0.3, -0.25) is 0 Å². The molecule has 7 nitrogen and oxygen atoms in total. The van der Waals surface area contributed by atoms with Crippen molar-refractivity contribution in [1.29, 1.82) is 0 Å². The van der Waals surface area contributed by atoms with Gasteiger partial charge in [0.2, 0.25) is 0 Å². The van der Waals surface area contributed by atoms with E-state index in [1.165, 1.54) is 0 Å². The van der Waals surface area contributed by atoms with Gasteiger partial charge in [0.1, 0.15) is 0 Å². The van der Waals surface area contributed by atoms with Crippen LogP contribution in [0.2, 0.25) is 0 Å². The van der Waals surface area contributed by atoms with Crippen LogP contribution in [0, 0.1) is 6.92 Å². The van der Waals surface area contributed by atoms with Crippen molar-refractivity contribution in [3.8, 4) is 5.69 Å².